The minimum Gasteiger partial charge on any atom is -0.124 e. The third-order valence-corrected chi connectivity index (χ3v) is 8.33. The largest absolute Gasteiger partial charge is 0.124 e. The highest BCUT2D eigenvalue weighted by Crippen LogP contribution is 2.46. The zero-order chi connectivity index (χ0) is 26.7. The average Bonchev–Trinajstić information content (AvgIpc) is 2.82. The van der Waals surface area contributed by atoms with Gasteiger partial charge in [-0.15, -0.1) is 5.73 Å². The van der Waals surface area contributed by atoms with Gasteiger partial charge in [-0.1, -0.05) is 108 Å². The normalized spacial score (nSPS) is 17.7. The van der Waals surface area contributed by atoms with Gasteiger partial charge >= 0.3 is 0 Å². The van der Waals surface area contributed by atoms with Crippen LogP contribution in [0.15, 0.2) is 90.2 Å². The molecule has 3 rings (SSSR count). The van der Waals surface area contributed by atoms with Crippen LogP contribution in [0, 0.1) is 19.8 Å². The van der Waals surface area contributed by atoms with Crippen LogP contribution < -0.4 is 0 Å². The quantitative estimate of drug-likeness (QED) is 0.261. The van der Waals surface area contributed by atoms with Crippen LogP contribution in [0.3, 0.4) is 0 Å². The first-order chi connectivity index (χ1) is 16.9. The van der Waals surface area contributed by atoms with E-state index in [0.717, 1.165) is 24.0 Å². The lowest BCUT2D eigenvalue weighted by Crippen LogP contribution is -2.34. The Labute approximate surface area is 221 Å². The summed E-state index contributed by atoms with van der Waals surface area (Å²) in [5.74, 6) is 0.315. The van der Waals surface area contributed by atoms with E-state index in [1.165, 1.54) is 46.2 Å². The molecule has 0 saturated heterocycles. The Morgan fingerprint density at radius 1 is 0.944 bits per heavy atom. The Kier molecular flexibility index (Phi) is 8.53. The second kappa shape index (κ2) is 11.1. The van der Waals surface area contributed by atoms with Crippen molar-refractivity contribution in [3.8, 4) is 0 Å². The van der Waals surface area contributed by atoms with Gasteiger partial charge in [-0.05, 0) is 102 Å². The highest BCUT2D eigenvalue weighted by Gasteiger charge is 2.37. The minimum absolute atomic E-state index is 0.234. The molecule has 0 amide bonds. The number of benzene rings is 2. The molecule has 36 heavy (non-hydrogen) atoms. The molecule has 0 aromatic heterocycles. The molecule has 1 aliphatic carbocycles. The second-order valence-electron chi connectivity index (χ2n) is 12.2. The van der Waals surface area contributed by atoms with Crippen LogP contribution in [0.4, 0.5) is 0 Å². The van der Waals surface area contributed by atoms with Crippen molar-refractivity contribution in [3.05, 3.63) is 124 Å². The monoisotopic (exact) mass is 478 g/mol. The molecule has 2 aromatic rings. The van der Waals surface area contributed by atoms with Crippen molar-refractivity contribution in [2.24, 2.45) is 5.92 Å². The standard InChI is InChI=1S/C36H46/c1-11-29(32(12-2)28(6)22-30-16-14-13-15-26(30)4)18-17-25(3)21-31-24-34-33(23-27(31)5)35(7,8)19-20-36(34,9)10/h11,13-18,23-24,28H,1-2,19-22H2,3-10H3/b25-17+,29-18+. The summed E-state index contributed by atoms with van der Waals surface area (Å²) < 4.78 is 0. The van der Waals surface area contributed by atoms with Gasteiger partial charge in [-0.3, -0.25) is 0 Å². The summed E-state index contributed by atoms with van der Waals surface area (Å²) >= 11 is 0. The molecule has 1 atom stereocenters. The van der Waals surface area contributed by atoms with Crippen molar-refractivity contribution < 1.29 is 0 Å². The van der Waals surface area contributed by atoms with E-state index >= 15 is 0 Å². The van der Waals surface area contributed by atoms with E-state index in [1.807, 2.05) is 6.08 Å². The third-order valence-electron chi connectivity index (χ3n) is 8.33. The van der Waals surface area contributed by atoms with Crippen LogP contribution in [0.25, 0.3) is 0 Å². The van der Waals surface area contributed by atoms with Crippen LogP contribution in [0.1, 0.15) is 87.8 Å². The predicted octanol–water partition coefficient (Wildman–Crippen LogP) is 9.84. The number of hydrogen-bond donors (Lipinski definition) is 0. The van der Waals surface area contributed by atoms with Crippen LogP contribution in [-0.4, -0.2) is 0 Å². The molecule has 0 heterocycles. The van der Waals surface area contributed by atoms with E-state index in [1.54, 1.807) is 5.56 Å². The SMILES string of the molecule is C=C=C(/C(C=C)=C/C=C(\C)Cc1cc2c(cc1C)C(C)(C)CCC2(C)C)C(C)Cc1ccccc1C. The van der Waals surface area contributed by atoms with Crippen molar-refractivity contribution in [1.82, 2.24) is 0 Å². The van der Waals surface area contributed by atoms with E-state index in [9.17, 15) is 0 Å². The lowest BCUT2D eigenvalue weighted by atomic mass is 9.62. The molecular weight excluding hydrogens is 432 g/mol. The molecule has 0 spiro atoms. The highest BCUT2D eigenvalue weighted by atomic mass is 14.4. The highest BCUT2D eigenvalue weighted by molar-refractivity contribution is 5.48. The number of fused-ring (bicyclic) bond motifs is 1. The summed E-state index contributed by atoms with van der Waals surface area (Å²) in [6, 6.07) is 13.6. The van der Waals surface area contributed by atoms with Gasteiger partial charge in [0, 0.05) is 5.57 Å². The molecule has 190 valence electrons. The lowest BCUT2D eigenvalue weighted by Gasteiger charge is -2.42. The van der Waals surface area contributed by atoms with Crippen molar-refractivity contribution in [2.75, 3.05) is 0 Å². The van der Waals surface area contributed by atoms with E-state index < -0.39 is 0 Å². The molecule has 0 aliphatic heterocycles. The van der Waals surface area contributed by atoms with Gasteiger partial charge in [0.05, 0.1) is 0 Å². The van der Waals surface area contributed by atoms with Crippen molar-refractivity contribution >= 4 is 0 Å². The van der Waals surface area contributed by atoms with Crippen molar-refractivity contribution in [3.63, 3.8) is 0 Å². The molecule has 0 nitrogen and oxygen atoms in total. The summed E-state index contributed by atoms with van der Waals surface area (Å²) in [6.07, 6.45) is 10.8. The van der Waals surface area contributed by atoms with Crippen molar-refractivity contribution in [2.45, 2.75) is 91.9 Å². The summed E-state index contributed by atoms with van der Waals surface area (Å²) in [5, 5.41) is 0. The molecule has 0 saturated carbocycles. The Morgan fingerprint density at radius 2 is 1.56 bits per heavy atom. The lowest BCUT2D eigenvalue weighted by molar-refractivity contribution is 0.331. The van der Waals surface area contributed by atoms with Crippen molar-refractivity contribution in [1.29, 1.82) is 0 Å². The van der Waals surface area contributed by atoms with Crippen LogP contribution >= 0.6 is 0 Å². The summed E-state index contributed by atoms with van der Waals surface area (Å²) in [6.45, 7) is 26.7. The van der Waals surface area contributed by atoms with E-state index in [-0.39, 0.29) is 10.8 Å². The Morgan fingerprint density at radius 3 is 2.14 bits per heavy atom. The fourth-order valence-electron chi connectivity index (χ4n) is 5.65. The molecule has 1 aliphatic rings. The first-order valence-corrected chi connectivity index (χ1v) is 13.5. The van der Waals surface area contributed by atoms with E-state index in [0.29, 0.717) is 5.92 Å². The first kappa shape index (κ1) is 27.8. The van der Waals surface area contributed by atoms with Gasteiger partial charge in [0.25, 0.3) is 0 Å². The molecule has 0 fully saturated rings. The number of hydrogen-bond acceptors (Lipinski definition) is 0. The molecular formula is C36H46. The van der Waals surface area contributed by atoms with Gasteiger partial charge < -0.3 is 0 Å². The second-order valence-corrected chi connectivity index (χ2v) is 12.2. The Balaban J connectivity index is 1.85. The fraction of sp³-hybridized carbons (Fsp3) is 0.417. The first-order valence-electron chi connectivity index (χ1n) is 13.5. The molecule has 0 heteroatoms. The molecule has 2 aromatic carbocycles. The van der Waals surface area contributed by atoms with Gasteiger partial charge in [0.15, 0.2) is 0 Å². The molecule has 1 unspecified atom stereocenters. The zero-order valence-corrected chi connectivity index (χ0v) is 24.0. The van der Waals surface area contributed by atoms with Gasteiger partial charge in [-0.2, -0.15) is 0 Å². The average molecular weight is 479 g/mol. The maximum absolute atomic E-state index is 4.10. The van der Waals surface area contributed by atoms with E-state index in [2.05, 4.69) is 123 Å². The fourth-order valence-corrected chi connectivity index (χ4v) is 5.65. The smallest absolute Gasteiger partial charge is 0.00371 e. The van der Waals surface area contributed by atoms with Crippen LogP contribution in [0.2, 0.25) is 0 Å². The number of rotatable bonds is 8. The molecule has 0 radical (unpaired) electrons. The predicted molar refractivity (Wildman–Crippen MR) is 159 cm³/mol. The Hall–Kier alpha value is -2.82. The maximum atomic E-state index is 4.10. The van der Waals surface area contributed by atoms with Crippen LogP contribution in [0.5, 0.6) is 0 Å². The van der Waals surface area contributed by atoms with E-state index in [4.69, 9.17) is 0 Å². The van der Waals surface area contributed by atoms with Gasteiger partial charge in [0.2, 0.25) is 0 Å². The third kappa shape index (κ3) is 6.11. The maximum Gasteiger partial charge on any atom is 0.00371 e. The number of aryl methyl sites for hydroxylation is 2. The number of allylic oxidation sites excluding steroid dienone is 6. The van der Waals surface area contributed by atoms with Gasteiger partial charge in [0.1, 0.15) is 0 Å². The Bertz CT molecular complexity index is 1230. The zero-order valence-electron chi connectivity index (χ0n) is 24.0. The summed E-state index contributed by atoms with van der Waals surface area (Å²) in [5.41, 5.74) is 15.9. The minimum atomic E-state index is 0.234. The summed E-state index contributed by atoms with van der Waals surface area (Å²) in [7, 11) is 0. The molecule has 0 bridgehead atoms. The molecule has 0 N–H and O–H groups in total. The van der Waals surface area contributed by atoms with Gasteiger partial charge in [-0.25, -0.2) is 0 Å². The summed E-state index contributed by atoms with van der Waals surface area (Å²) in [4.78, 5) is 0. The van der Waals surface area contributed by atoms with Crippen LogP contribution in [-0.2, 0) is 23.7 Å². The topological polar surface area (TPSA) is 0 Å².